The van der Waals surface area contributed by atoms with E-state index in [-0.39, 0.29) is 0 Å². The van der Waals surface area contributed by atoms with E-state index in [1.165, 1.54) is 6.33 Å². The van der Waals surface area contributed by atoms with Gasteiger partial charge in [0.25, 0.3) is 0 Å². The summed E-state index contributed by atoms with van der Waals surface area (Å²) in [6.07, 6.45) is 4.83. The molecule has 0 spiro atoms. The SMILES string of the molecule is C=Cc1n[nH]c2cncnc12. The molecule has 0 fully saturated rings. The Morgan fingerprint density at radius 1 is 1.55 bits per heavy atom. The first-order valence-electron chi connectivity index (χ1n) is 3.18. The highest BCUT2D eigenvalue weighted by Crippen LogP contribution is 2.10. The van der Waals surface area contributed by atoms with Gasteiger partial charge in [0.15, 0.2) is 0 Å². The highest BCUT2D eigenvalue weighted by molar-refractivity contribution is 5.81. The van der Waals surface area contributed by atoms with E-state index >= 15 is 0 Å². The zero-order valence-corrected chi connectivity index (χ0v) is 5.78. The Hall–Kier alpha value is -1.71. The molecular formula is C7H6N4. The topological polar surface area (TPSA) is 54.5 Å². The number of aromatic nitrogens is 4. The molecule has 0 aromatic carbocycles. The van der Waals surface area contributed by atoms with Crippen molar-refractivity contribution < 1.29 is 0 Å². The maximum absolute atomic E-state index is 4.04. The van der Waals surface area contributed by atoms with Crippen LogP contribution in [0.15, 0.2) is 19.1 Å². The van der Waals surface area contributed by atoms with Crippen molar-refractivity contribution in [2.24, 2.45) is 0 Å². The van der Waals surface area contributed by atoms with Crippen molar-refractivity contribution in [3.05, 3.63) is 24.8 Å². The molecule has 0 radical (unpaired) electrons. The molecule has 2 heterocycles. The van der Waals surface area contributed by atoms with Crippen LogP contribution in [0.2, 0.25) is 0 Å². The number of aromatic amines is 1. The largest absolute Gasteiger partial charge is 0.274 e. The number of rotatable bonds is 1. The molecule has 0 saturated heterocycles. The molecule has 1 N–H and O–H groups in total. The highest BCUT2D eigenvalue weighted by Gasteiger charge is 2.00. The lowest BCUT2D eigenvalue weighted by Gasteiger charge is -1.84. The first-order chi connectivity index (χ1) is 5.42. The van der Waals surface area contributed by atoms with Gasteiger partial charge in [0.1, 0.15) is 23.1 Å². The quantitative estimate of drug-likeness (QED) is 0.652. The summed E-state index contributed by atoms with van der Waals surface area (Å²) in [4.78, 5) is 7.88. The second-order valence-corrected chi connectivity index (χ2v) is 2.10. The summed E-state index contributed by atoms with van der Waals surface area (Å²) < 4.78 is 0. The Bertz CT molecular complexity index is 390. The maximum atomic E-state index is 4.04. The van der Waals surface area contributed by atoms with Crippen LogP contribution in [0, 0.1) is 0 Å². The molecule has 2 rings (SSSR count). The van der Waals surface area contributed by atoms with E-state index in [9.17, 15) is 0 Å². The summed E-state index contributed by atoms with van der Waals surface area (Å²) in [6, 6.07) is 0. The number of hydrogen-bond acceptors (Lipinski definition) is 3. The van der Waals surface area contributed by atoms with Crippen molar-refractivity contribution in [3.63, 3.8) is 0 Å². The van der Waals surface area contributed by atoms with E-state index in [0.717, 1.165) is 16.7 Å². The molecule has 2 aromatic rings. The van der Waals surface area contributed by atoms with Crippen molar-refractivity contribution in [2.75, 3.05) is 0 Å². The van der Waals surface area contributed by atoms with Crippen molar-refractivity contribution in [3.8, 4) is 0 Å². The molecule has 4 heteroatoms. The summed E-state index contributed by atoms with van der Waals surface area (Å²) in [5.74, 6) is 0. The van der Waals surface area contributed by atoms with Crippen LogP contribution in [0.4, 0.5) is 0 Å². The second kappa shape index (κ2) is 2.16. The highest BCUT2D eigenvalue weighted by atomic mass is 15.1. The molecule has 0 aliphatic rings. The summed E-state index contributed by atoms with van der Waals surface area (Å²) in [6.45, 7) is 3.61. The van der Waals surface area contributed by atoms with E-state index in [4.69, 9.17) is 0 Å². The third-order valence-electron chi connectivity index (χ3n) is 1.45. The lowest BCUT2D eigenvalue weighted by atomic mass is 10.3. The van der Waals surface area contributed by atoms with Crippen LogP contribution in [0.3, 0.4) is 0 Å². The lowest BCUT2D eigenvalue weighted by molar-refractivity contribution is 1.10. The molecule has 0 aliphatic heterocycles. The minimum absolute atomic E-state index is 0.766. The van der Waals surface area contributed by atoms with E-state index in [1.54, 1.807) is 12.3 Å². The van der Waals surface area contributed by atoms with Crippen molar-refractivity contribution in [1.29, 1.82) is 0 Å². The predicted molar refractivity (Wildman–Crippen MR) is 41.8 cm³/mol. The van der Waals surface area contributed by atoms with Gasteiger partial charge in [-0.25, -0.2) is 9.97 Å². The minimum atomic E-state index is 0.766. The van der Waals surface area contributed by atoms with Gasteiger partial charge in [0.2, 0.25) is 0 Å². The summed E-state index contributed by atoms with van der Waals surface area (Å²) in [5, 5.41) is 6.76. The second-order valence-electron chi connectivity index (χ2n) is 2.10. The molecule has 2 aromatic heterocycles. The molecule has 0 aliphatic carbocycles. The Morgan fingerprint density at radius 3 is 3.27 bits per heavy atom. The molecule has 0 amide bonds. The van der Waals surface area contributed by atoms with Crippen molar-refractivity contribution in [2.45, 2.75) is 0 Å². The number of fused-ring (bicyclic) bond motifs is 1. The summed E-state index contributed by atoms with van der Waals surface area (Å²) in [5.41, 5.74) is 2.42. The normalized spacial score (nSPS) is 10.2. The Balaban J connectivity index is 2.86. The third kappa shape index (κ3) is 0.797. The monoisotopic (exact) mass is 146 g/mol. The van der Waals surface area contributed by atoms with Gasteiger partial charge >= 0.3 is 0 Å². The maximum Gasteiger partial charge on any atom is 0.119 e. The standard InChI is InChI=1S/C7H6N4/c1-2-5-7-6(11-10-5)3-8-4-9-7/h2-4H,1H2,(H,10,11). The molecule has 4 nitrogen and oxygen atoms in total. The fourth-order valence-corrected chi connectivity index (χ4v) is 0.931. The van der Waals surface area contributed by atoms with Gasteiger partial charge < -0.3 is 0 Å². The summed E-state index contributed by atoms with van der Waals surface area (Å²) >= 11 is 0. The molecular weight excluding hydrogens is 140 g/mol. The first kappa shape index (κ1) is 6.03. The van der Waals surface area contributed by atoms with E-state index in [0.29, 0.717) is 0 Å². The number of H-pyrrole nitrogens is 1. The molecule has 54 valence electrons. The van der Waals surface area contributed by atoms with Crippen LogP contribution in [0.1, 0.15) is 5.69 Å². The minimum Gasteiger partial charge on any atom is -0.274 e. The Labute approximate surface area is 63.0 Å². The predicted octanol–water partition coefficient (Wildman–Crippen LogP) is 0.996. The van der Waals surface area contributed by atoms with Crippen molar-refractivity contribution >= 4 is 17.1 Å². The van der Waals surface area contributed by atoms with Crippen molar-refractivity contribution in [1.82, 2.24) is 20.2 Å². The molecule has 11 heavy (non-hydrogen) atoms. The van der Waals surface area contributed by atoms with Gasteiger partial charge in [0.05, 0.1) is 6.20 Å². The van der Waals surface area contributed by atoms with Crippen LogP contribution in [-0.2, 0) is 0 Å². The lowest BCUT2D eigenvalue weighted by Crippen LogP contribution is -1.77. The van der Waals surface area contributed by atoms with Crippen LogP contribution in [0.25, 0.3) is 17.1 Å². The average Bonchev–Trinajstić information content (AvgIpc) is 2.47. The Morgan fingerprint density at radius 2 is 2.45 bits per heavy atom. The zero-order chi connectivity index (χ0) is 7.68. The fourth-order valence-electron chi connectivity index (χ4n) is 0.931. The number of nitrogens with one attached hydrogen (secondary N) is 1. The molecule has 0 unspecified atom stereocenters. The van der Waals surface area contributed by atoms with Crippen LogP contribution >= 0.6 is 0 Å². The van der Waals surface area contributed by atoms with Crippen LogP contribution in [-0.4, -0.2) is 20.2 Å². The van der Waals surface area contributed by atoms with Crippen LogP contribution < -0.4 is 0 Å². The smallest absolute Gasteiger partial charge is 0.119 e. The number of nitrogens with zero attached hydrogens (tertiary/aromatic N) is 3. The number of hydrogen-bond donors (Lipinski definition) is 1. The molecule has 0 bridgehead atoms. The van der Waals surface area contributed by atoms with Gasteiger partial charge in [0, 0.05) is 0 Å². The first-order valence-corrected chi connectivity index (χ1v) is 3.18. The zero-order valence-electron chi connectivity index (χ0n) is 5.78. The Kier molecular flexibility index (Phi) is 1.18. The molecule has 0 atom stereocenters. The van der Waals surface area contributed by atoms with E-state index in [1.807, 2.05) is 0 Å². The fraction of sp³-hybridized carbons (Fsp3) is 0. The van der Waals surface area contributed by atoms with Gasteiger partial charge in [-0.2, -0.15) is 5.10 Å². The van der Waals surface area contributed by atoms with Gasteiger partial charge in [-0.05, 0) is 6.08 Å². The average molecular weight is 146 g/mol. The van der Waals surface area contributed by atoms with Gasteiger partial charge in [-0.1, -0.05) is 6.58 Å². The summed E-state index contributed by atoms with van der Waals surface area (Å²) in [7, 11) is 0. The van der Waals surface area contributed by atoms with Crippen LogP contribution in [0.5, 0.6) is 0 Å². The van der Waals surface area contributed by atoms with E-state index < -0.39 is 0 Å². The molecule has 0 saturated carbocycles. The third-order valence-corrected chi connectivity index (χ3v) is 1.45. The van der Waals surface area contributed by atoms with Gasteiger partial charge in [-0.3, -0.25) is 5.10 Å². The van der Waals surface area contributed by atoms with E-state index in [2.05, 4.69) is 26.7 Å². The van der Waals surface area contributed by atoms with Gasteiger partial charge in [-0.15, -0.1) is 0 Å².